The molecule has 0 aromatic heterocycles. The molecule has 0 saturated carbocycles. The third-order valence-corrected chi connectivity index (χ3v) is 6.47. The lowest BCUT2D eigenvalue weighted by atomic mass is 9.90. The summed E-state index contributed by atoms with van der Waals surface area (Å²) >= 11 is 0. The van der Waals surface area contributed by atoms with Gasteiger partial charge in [-0.25, -0.2) is 8.42 Å². The van der Waals surface area contributed by atoms with Crippen molar-refractivity contribution in [3.63, 3.8) is 0 Å². The Morgan fingerprint density at radius 3 is 2.30 bits per heavy atom. The largest absolute Gasteiger partial charge is 0.385 e. The highest BCUT2D eigenvalue weighted by Gasteiger charge is 2.19. The van der Waals surface area contributed by atoms with Gasteiger partial charge in [0.05, 0.1) is 4.90 Å². The molecular formula is C22H30N2O2S. The Bertz CT molecular complexity index is 796. The van der Waals surface area contributed by atoms with Gasteiger partial charge in [0.15, 0.2) is 9.84 Å². The minimum absolute atomic E-state index is 0.408. The van der Waals surface area contributed by atoms with Crippen molar-refractivity contribution in [3.05, 3.63) is 60.2 Å². The third kappa shape index (κ3) is 6.36. The molecule has 2 aromatic rings. The molecule has 146 valence electrons. The minimum atomic E-state index is -3.10. The monoisotopic (exact) mass is 386 g/mol. The summed E-state index contributed by atoms with van der Waals surface area (Å²) in [5.74, 6) is 0.702. The molecule has 0 bridgehead atoms. The van der Waals surface area contributed by atoms with Crippen LogP contribution in [0.1, 0.15) is 24.8 Å². The standard InChI is InChI=1S/C22H30N2O2S/c1-27(25,26)22-10-8-19(9-11-22)18-20-12-16-24(17-13-20)15-5-14-23-21-6-3-2-4-7-21/h2-4,6-11,20,23H,5,12-18H2,1H3. The van der Waals surface area contributed by atoms with Crippen molar-refractivity contribution >= 4 is 15.5 Å². The number of para-hydroxylation sites is 1. The zero-order valence-electron chi connectivity index (χ0n) is 16.1. The van der Waals surface area contributed by atoms with Gasteiger partial charge < -0.3 is 10.2 Å². The molecular weight excluding hydrogens is 356 g/mol. The van der Waals surface area contributed by atoms with Crippen LogP contribution in [0, 0.1) is 5.92 Å². The van der Waals surface area contributed by atoms with Crippen LogP contribution in [0.25, 0.3) is 0 Å². The summed E-state index contributed by atoms with van der Waals surface area (Å²) in [6.45, 7) is 4.49. The summed E-state index contributed by atoms with van der Waals surface area (Å²) in [5, 5.41) is 3.47. The Hall–Kier alpha value is -1.85. The zero-order valence-corrected chi connectivity index (χ0v) is 16.9. The lowest BCUT2D eigenvalue weighted by Gasteiger charge is -2.32. The van der Waals surface area contributed by atoms with E-state index >= 15 is 0 Å². The number of hydrogen-bond acceptors (Lipinski definition) is 4. The van der Waals surface area contributed by atoms with E-state index < -0.39 is 9.84 Å². The molecule has 4 nitrogen and oxygen atoms in total. The maximum Gasteiger partial charge on any atom is 0.175 e. The smallest absolute Gasteiger partial charge is 0.175 e. The second kappa shape index (κ2) is 9.38. The first-order valence-electron chi connectivity index (χ1n) is 9.81. The van der Waals surface area contributed by atoms with E-state index in [2.05, 4.69) is 34.5 Å². The van der Waals surface area contributed by atoms with Crippen LogP contribution in [0.4, 0.5) is 5.69 Å². The van der Waals surface area contributed by atoms with Crippen LogP contribution in [0.15, 0.2) is 59.5 Å². The van der Waals surface area contributed by atoms with E-state index in [1.807, 2.05) is 18.2 Å². The molecule has 1 heterocycles. The first-order valence-corrected chi connectivity index (χ1v) is 11.7. The highest BCUT2D eigenvalue weighted by molar-refractivity contribution is 7.90. The van der Waals surface area contributed by atoms with E-state index in [9.17, 15) is 8.42 Å². The molecule has 1 saturated heterocycles. The lowest BCUT2D eigenvalue weighted by Crippen LogP contribution is -2.35. The second-order valence-electron chi connectivity index (χ2n) is 7.55. The fraction of sp³-hybridized carbons (Fsp3) is 0.455. The van der Waals surface area contributed by atoms with Crippen molar-refractivity contribution in [1.82, 2.24) is 4.90 Å². The Labute approximate surface area is 163 Å². The van der Waals surface area contributed by atoms with Crippen LogP contribution in [-0.2, 0) is 16.3 Å². The van der Waals surface area contributed by atoms with E-state index in [0.717, 1.165) is 39.0 Å². The van der Waals surface area contributed by atoms with E-state index in [-0.39, 0.29) is 0 Å². The summed E-state index contributed by atoms with van der Waals surface area (Å²) in [6, 6.07) is 17.8. The SMILES string of the molecule is CS(=O)(=O)c1ccc(CC2CCN(CCCNc3ccccc3)CC2)cc1. The van der Waals surface area contributed by atoms with E-state index in [1.165, 1.54) is 30.3 Å². The molecule has 0 unspecified atom stereocenters. The van der Waals surface area contributed by atoms with Crippen LogP contribution >= 0.6 is 0 Å². The third-order valence-electron chi connectivity index (χ3n) is 5.34. The first-order chi connectivity index (χ1) is 13.0. The maximum atomic E-state index is 11.5. The molecule has 27 heavy (non-hydrogen) atoms. The van der Waals surface area contributed by atoms with Gasteiger partial charge in [-0.3, -0.25) is 0 Å². The van der Waals surface area contributed by atoms with Gasteiger partial charge in [-0.05, 0) is 81.1 Å². The van der Waals surface area contributed by atoms with E-state index in [0.29, 0.717) is 10.8 Å². The fourth-order valence-corrected chi connectivity index (χ4v) is 4.34. The Morgan fingerprint density at radius 2 is 1.67 bits per heavy atom. The predicted octanol–water partition coefficient (Wildman–Crippen LogP) is 3.85. The normalized spacial score (nSPS) is 16.3. The van der Waals surface area contributed by atoms with Gasteiger partial charge >= 0.3 is 0 Å². The summed E-state index contributed by atoms with van der Waals surface area (Å²) in [6.07, 6.45) is 5.91. The lowest BCUT2D eigenvalue weighted by molar-refractivity contribution is 0.183. The van der Waals surface area contributed by atoms with Gasteiger partial charge in [0.25, 0.3) is 0 Å². The van der Waals surface area contributed by atoms with E-state index in [4.69, 9.17) is 0 Å². The number of nitrogens with one attached hydrogen (secondary N) is 1. The molecule has 0 atom stereocenters. The average molecular weight is 387 g/mol. The first kappa shape index (κ1) is 19.9. The van der Waals surface area contributed by atoms with Crippen molar-refractivity contribution in [1.29, 1.82) is 0 Å². The summed E-state index contributed by atoms with van der Waals surface area (Å²) < 4.78 is 23.1. The number of nitrogens with zero attached hydrogens (tertiary/aromatic N) is 1. The van der Waals surface area contributed by atoms with Crippen LogP contribution in [0.3, 0.4) is 0 Å². The fourth-order valence-electron chi connectivity index (χ4n) is 3.71. The van der Waals surface area contributed by atoms with Gasteiger partial charge in [0.2, 0.25) is 0 Å². The van der Waals surface area contributed by atoms with Crippen molar-refractivity contribution in [2.45, 2.75) is 30.6 Å². The van der Waals surface area contributed by atoms with Gasteiger partial charge in [-0.1, -0.05) is 30.3 Å². The van der Waals surface area contributed by atoms with Crippen LogP contribution in [0.2, 0.25) is 0 Å². The maximum absolute atomic E-state index is 11.5. The van der Waals surface area contributed by atoms with Crippen LogP contribution in [0.5, 0.6) is 0 Å². The second-order valence-corrected chi connectivity index (χ2v) is 9.57. The van der Waals surface area contributed by atoms with Gasteiger partial charge in [-0.2, -0.15) is 0 Å². The molecule has 0 amide bonds. The molecule has 3 rings (SSSR count). The van der Waals surface area contributed by atoms with Crippen LogP contribution < -0.4 is 5.32 Å². The van der Waals surface area contributed by atoms with E-state index in [1.54, 1.807) is 12.1 Å². The molecule has 1 aliphatic rings. The molecule has 1 N–H and O–H groups in total. The van der Waals surface area contributed by atoms with Gasteiger partial charge in [0.1, 0.15) is 0 Å². The van der Waals surface area contributed by atoms with Crippen molar-refractivity contribution in [2.24, 2.45) is 5.92 Å². The number of piperidine rings is 1. The van der Waals surface area contributed by atoms with Crippen molar-refractivity contribution in [3.8, 4) is 0 Å². The Balaban J connectivity index is 1.35. The summed E-state index contributed by atoms with van der Waals surface area (Å²) in [4.78, 5) is 2.97. The Morgan fingerprint density at radius 1 is 1.00 bits per heavy atom. The average Bonchev–Trinajstić information content (AvgIpc) is 2.67. The molecule has 1 aliphatic heterocycles. The molecule has 0 aliphatic carbocycles. The molecule has 1 fully saturated rings. The quantitative estimate of drug-likeness (QED) is 0.700. The Kier molecular flexibility index (Phi) is 6.91. The molecule has 0 spiro atoms. The van der Waals surface area contributed by atoms with Gasteiger partial charge in [-0.15, -0.1) is 0 Å². The van der Waals surface area contributed by atoms with Crippen molar-refractivity contribution < 1.29 is 8.42 Å². The number of hydrogen-bond donors (Lipinski definition) is 1. The molecule has 2 aromatic carbocycles. The molecule has 0 radical (unpaired) electrons. The highest BCUT2D eigenvalue weighted by atomic mass is 32.2. The minimum Gasteiger partial charge on any atom is -0.385 e. The number of rotatable bonds is 8. The molecule has 5 heteroatoms. The number of anilines is 1. The van der Waals surface area contributed by atoms with Gasteiger partial charge in [0, 0.05) is 18.5 Å². The topological polar surface area (TPSA) is 49.4 Å². The predicted molar refractivity (Wildman–Crippen MR) is 112 cm³/mol. The summed E-state index contributed by atoms with van der Waals surface area (Å²) in [7, 11) is -3.10. The number of sulfone groups is 1. The van der Waals surface area contributed by atoms with Crippen molar-refractivity contribution in [2.75, 3.05) is 37.8 Å². The number of benzene rings is 2. The highest BCUT2D eigenvalue weighted by Crippen LogP contribution is 2.22. The zero-order chi connectivity index (χ0) is 19.1. The van der Waals surface area contributed by atoms with Crippen LogP contribution in [-0.4, -0.2) is 45.8 Å². The summed E-state index contributed by atoms with van der Waals surface area (Å²) in [5.41, 5.74) is 2.44. The number of likely N-dealkylation sites (tertiary alicyclic amines) is 1.